The normalized spacial score (nSPS) is 16.7. The number of imidazole rings is 1. The van der Waals surface area contributed by atoms with Crippen molar-refractivity contribution >= 4 is 5.91 Å². The first-order valence-electron chi connectivity index (χ1n) is 8.81. The Hall–Kier alpha value is -1.44. The van der Waals surface area contributed by atoms with E-state index >= 15 is 0 Å². The van der Waals surface area contributed by atoms with Crippen LogP contribution in [0.4, 0.5) is 0 Å². The molecule has 24 heavy (non-hydrogen) atoms. The van der Waals surface area contributed by atoms with E-state index in [1.54, 1.807) is 7.11 Å². The Bertz CT molecular complexity index is 495. The van der Waals surface area contributed by atoms with Gasteiger partial charge in [0.25, 0.3) is 0 Å². The van der Waals surface area contributed by atoms with Gasteiger partial charge in [-0.05, 0) is 0 Å². The zero-order valence-electron chi connectivity index (χ0n) is 15.2. The fraction of sp³-hybridized carbons (Fsp3) is 0.765. The molecule has 1 saturated heterocycles. The van der Waals surface area contributed by atoms with Gasteiger partial charge in [-0.25, -0.2) is 4.98 Å². The van der Waals surface area contributed by atoms with E-state index in [4.69, 9.17) is 4.74 Å². The number of ether oxygens (including phenoxy) is 1. The van der Waals surface area contributed by atoms with E-state index < -0.39 is 0 Å². The number of piperazine rings is 1. The van der Waals surface area contributed by atoms with Crippen LogP contribution in [0.2, 0.25) is 0 Å². The van der Waals surface area contributed by atoms with Gasteiger partial charge in [-0.15, -0.1) is 0 Å². The van der Waals surface area contributed by atoms with E-state index in [0.717, 1.165) is 45.1 Å². The second-order valence-electron chi connectivity index (χ2n) is 6.59. The van der Waals surface area contributed by atoms with Crippen molar-refractivity contribution in [3.05, 3.63) is 18.2 Å². The average molecular weight is 337 g/mol. The number of amides is 1. The van der Waals surface area contributed by atoms with Crippen LogP contribution >= 0.6 is 0 Å². The molecule has 1 N–H and O–H groups in total. The zero-order valence-corrected chi connectivity index (χ0v) is 15.2. The molecule has 1 fully saturated rings. The zero-order chi connectivity index (χ0) is 17.4. The van der Waals surface area contributed by atoms with Crippen LogP contribution in [0.3, 0.4) is 0 Å². The first kappa shape index (κ1) is 18.9. The smallest absolute Gasteiger partial charge is 0.234 e. The molecule has 1 aromatic heterocycles. The predicted molar refractivity (Wildman–Crippen MR) is 94.1 cm³/mol. The largest absolute Gasteiger partial charge is 0.383 e. The molecule has 0 spiro atoms. The van der Waals surface area contributed by atoms with E-state index in [9.17, 15) is 4.79 Å². The van der Waals surface area contributed by atoms with Crippen LogP contribution in [-0.4, -0.2) is 84.8 Å². The molecule has 0 aliphatic carbocycles. The molecule has 0 saturated carbocycles. The van der Waals surface area contributed by atoms with Crippen molar-refractivity contribution in [3.63, 3.8) is 0 Å². The summed E-state index contributed by atoms with van der Waals surface area (Å²) in [5.41, 5.74) is 0. The quantitative estimate of drug-likeness (QED) is 0.661. The topological polar surface area (TPSA) is 62.6 Å². The van der Waals surface area contributed by atoms with E-state index in [-0.39, 0.29) is 5.91 Å². The molecule has 1 aliphatic rings. The lowest BCUT2D eigenvalue weighted by atomic mass is 10.2. The summed E-state index contributed by atoms with van der Waals surface area (Å²) in [5, 5.41) is 2.87. The standard InChI is InChI=1S/C17H31N5O2/c1-15(2)17-19-4-6-22(17)12-11-20-7-9-21(10-8-20)14-16(23)18-5-13-24-3/h4,6,15H,5,7-14H2,1-3H3,(H,18,23). The highest BCUT2D eigenvalue weighted by Crippen LogP contribution is 2.12. The Balaban J connectivity index is 1.65. The summed E-state index contributed by atoms with van der Waals surface area (Å²) >= 11 is 0. The molecule has 1 aromatic rings. The summed E-state index contributed by atoms with van der Waals surface area (Å²) in [6.45, 7) is 11.9. The molecule has 0 radical (unpaired) electrons. The molecule has 7 heteroatoms. The van der Waals surface area contributed by atoms with Crippen LogP contribution < -0.4 is 5.32 Å². The maximum atomic E-state index is 11.8. The van der Waals surface area contributed by atoms with Crippen LogP contribution in [0.15, 0.2) is 12.4 Å². The number of aromatic nitrogens is 2. The highest BCUT2D eigenvalue weighted by Gasteiger charge is 2.19. The van der Waals surface area contributed by atoms with E-state index in [1.807, 2.05) is 6.20 Å². The minimum Gasteiger partial charge on any atom is -0.383 e. The number of carbonyl (C=O) groups is 1. The second kappa shape index (κ2) is 9.76. The highest BCUT2D eigenvalue weighted by atomic mass is 16.5. The van der Waals surface area contributed by atoms with Crippen LogP contribution in [0.1, 0.15) is 25.6 Å². The fourth-order valence-electron chi connectivity index (χ4n) is 2.98. The Kier molecular flexibility index (Phi) is 7.68. The Morgan fingerprint density at radius 3 is 2.62 bits per heavy atom. The molecule has 136 valence electrons. The Morgan fingerprint density at radius 1 is 1.25 bits per heavy atom. The Morgan fingerprint density at radius 2 is 1.96 bits per heavy atom. The average Bonchev–Trinajstić information content (AvgIpc) is 3.03. The Labute approximate surface area is 145 Å². The van der Waals surface area contributed by atoms with Gasteiger partial charge in [0.15, 0.2) is 0 Å². The van der Waals surface area contributed by atoms with E-state index in [2.05, 4.69) is 44.7 Å². The molecule has 2 heterocycles. The third-order valence-electron chi connectivity index (χ3n) is 4.38. The van der Waals surface area contributed by atoms with Gasteiger partial charge in [0, 0.05) is 71.2 Å². The van der Waals surface area contributed by atoms with Crippen molar-refractivity contribution in [2.75, 3.05) is 59.5 Å². The van der Waals surface area contributed by atoms with Gasteiger partial charge in [0.1, 0.15) is 5.82 Å². The van der Waals surface area contributed by atoms with Gasteiger partial charge in [0.2, 0.25) is 5.91 Å². The van der Waals surface area contributed by atoms with E-state index in [0.29, 0.717) is 25.6 Å². The molecule has 1 aliphatic heterocycles. The van der Waals surface area contributed by atoms with Gasteiger partial charge in [-0.3, -0.25) is 14.6 Å². The lowest BCUT2D eigenvalue weighted by molar-refractivity contribution is -0.122. The van der Waals surface area contributed by atoms with Gasteiger partial charge in [-0.2, -0.15) is 0 Å². The maximum Gasteiger partial charge on any atom is 0.234 e. The van der Waals surface area contributed by atoms with Crippen molar-refractivity contribution in [1.82, 2.24) is 24.7 Å². The number of hydrogen-bond donors (Lipinski definition) is 1. The number of rotatable bonds is 9. The summed E-state index contributed by atoms with van der Waals surface area (Å²) < 4.78 is 7.19. The summed E-state index contributed by atoms with van der Waals surface area (Å²) in [7, 11) is 1.64. The lowest BCUT2D eigenvalue weighted by Crippen LogP contribution is -2.50. The molecule has 2 rings (SSSR count). The second-order valence-corrected chi connectivity index (χ2v) is 6.59. The SMILES string of the molecule is COCCNC(=O)CN1CCN(CCn2ccnc2C(C)C)CC1. The molecular weight excluding hydrogens is 306 g/mol. The molecule has 0 unspecified atom stereocenters. The predicted octanol–water partition coefficient (Wildman–Crippen LogP) is 0.387. The third-order valence-corrected chi connectivity index (χ3v) is 4.38. The summed E-state index contributed by atoms with van der Waals surface area (Å²) in [5.74, 6) is 1.69. The minimum atomic E-state index is 0.0838. The summed E-state index contributed by atoms with van der Waals surface area (Å²) in [6.07, 6.45) is 3.95. The van der Waals surface area contributed by atoms with Crippen molar-refractivity contribution in [1.29, 1.82) is 0 Å². The summed E-state index contributed by atoms with van der Waals surface area (Å²) in [6, 6.07) is 0. The third kappa shape index (κ3) is 5.89. The first-order chi connectivity index (χ1) is 11.6. The van der Waals surface area contributed by atoms with Gasteiger partial charge >= 0.3 is 0 Å². The molecule has 7 nitrogen and oxygen atoms in total. The van der Waals surface area contributed by atoms with Crippen LogP contribution in [0.5, 0.6) is 0 Å². The number of methoxy groups -OCH3 is 1. The molecule has 0 bridgehead atoms. The van der Waals surface area contributed by atoms with Crippen molar-refractivity contribution in [3.8, 4) is 0 Å². The van der Waals surface area contributed by atoms with Gasteiger partial charge in [-0.1, -0.05) is 13.8 Å². The lowest BCUT2D eigenvalue weighted by Gasteiger charge is -2.34. The van der Waals surface area contributed by atoms with Gasteiger partial charge in [0.05, 0.1) is 13.2 Å². The number of carbonyl (C=O) groups excluding carboxylic acids is 1. The highest BCUT2D eigenvalue weighted by molar-refractivity contribution is 5.77. The van der Waals surface area contributed by atoms with Crippen LogP contribution in [-0.2, 0) is 16.1 Å². The molecule has 0 atom stereocenters. The number of nitrogens with one attached hydrogen (secondary N) is 1. The number of hydrogen-bond acceptors (Lipinski definition) is 5. The monoisotopic (exact) mass is 337 g/mol. The molecule has 0 aromatic carbocycles. The minimum absolute atomic E-state index is 0.0838. The molecule has 1 amide bonds. The van der Waals surface area contributed by atoms with Gasteiger partial charge < -0.3 is 14.6 Å². The van der Waals surface area contributed by atoms with Crippen LogP contribution in [0, 0.1) is 0 Å². The number of nitrogens with zero attached hydrogens (tertiary/aromatic N) is 4. The van der Waals surface area contributed by atoms with Crippen molar-refractivity contribution < 1.29 is 9.53 Å². The van der Waals surface area contributed by atoms with E-state index in [1.165, 1.54) is 0 Å². The molecular formula is C17H31N5O2. The summed E-state index contributed by atoms with van der Waals surface area (Å²) in [4.78, 5) is 20.9. The van der Waals surface area contributed by atoms with Crippen LogP contribution in [0.25, 0.3) is 0 Å². The van der Waals surface area contributed by atoms with Crippen molar-refractivity contribution in [2.24, 2.45) is 0 Å². The first-order valence-corrected chi connectivity index (χ1v) is 8.81. The fourth-order valence-corrected chi connectivity index (χ4v) is 2.98. The maximum absolute atomic E-state index is 11.8. The van der Waals surface area contributed by atoms with Crippen molar-refractivity contribution in [2.45, 2.75) is 26.3 Å².